The summed E-state index contributed by atoms with van der Waals surface area (Å²) in [5, 5.41) is 2.86. The Balaban J connectivity index is 2.00. The highest BCUT2D eigenvalue weighted by atomic mass is 16.4. The van der Waals surface area contributed by atoms with Crippen molar-refractivity contribution in [2.45, 2.75) is 33.1 Å². The molecule has 1 amide bonds. The third-order valence-electron chi connectivity index (χ3n) is 3.07. The lowest BCUT2D eigenvalue weighted by atomic mass is 10.2. The minimum atomic E-state index is 0.0653. The molecule has 2 aromatic rings. The number of nitrogens with one attached hydrogen (secondary N) is 1. The maximum atomic E-state index is 11.6. The van der Waals surface area contributed by atoms with E-state index in [0.29, 0.717) is 18.7 Å². The Morgan fingerprint density at radius 2 is 2.05 bits per heavy atom. The van der Waals surface area contributed by atoms with Crippen LogP contribution in [0.2, 0.25) is 0 Å². The Morgan fingerprint density at radius 3 is 2.75 bits per heavy atom. The molecule has 0 radical (unpaired) electrons. The Hall–Kier alpha value is -2.10. The molecule has 0 bridgehead atoms. The highest BCUT2D eigenvalue weighted by molar-refractivity contribution is 5.76. The topological polar surface area (TPSA) is 55.1 Å². The van der Waals surface area contributed by atoms with Crippen LogP contribution in [0.4, 0.5) is 0 Å². The Labute approximate surface area is 119 Å². The van der Waals surface area contributed by atoms with E-state index in [4.69, 9.17) is 4.42 Å². The number of aryl methyl sites for hydroxylation is 2. The molecule has 0 aliphatic rings. The van der Waals surface area contributed by atoms with Crippen molar-refractivity contribution >= 4 is 5.91 Å². The number of carbonyl (C=O) groups is 1. The van der Waals surface area contributed by atoms with Crippen LogP contribution in [0.1, 0.15) is 31.2 Å². The van der Waals surface area contributed by atoms with E-state index in [1.54, 1.807) is 0 Å². The maximum absolute atomic E-state index is 11.6. The number of benzene rings is 1. The summed E-state index contributed by atoms with van der Waals surface area (Å²) < 4.78 is 5.67. The average molecular weight is 272 g/mol. The minimum absolute atomic E-state index is 0.0653. The molecule has 106 valence electrons. The van der Waals surface area contributed by atoms with Crippen LogP contribution in [-0.4, -0.2) is 17.4 Å². The average Bonchev–Trinajstić information content (AvgIpc) is 2.85. The maximum Gasteiger partial charge on any atom is 0.226 e. The lowest BCUT2D eigenvalue weighted by Gasteiger charge is -2.01. The molecule has 0 atom stereocenters. The number of oxazole rings is 1. The van der Waals surface area contributed by atoms with Gasteiger partial charge in [-0.1, -0.05) is 25.1 Å². The van der Waals surface area contributed by atoms with Gasteiger partial charge in [0.05, 0.1) is 5.69 Å². The molecule has 0 fully saturated rings. The minimum Gasteiger partial charge on any atom is -0.441 e. The van der Waals surface area contributed by atoms with Gasteiger partial charge in [-0.15, -0.1) is 0 Å². The summed E-state index contributed by atoms with van der Waals surface area (Å²) >= 11 is 0. The molecule has 0 unspecified atom stereocenters. The Morgan fingerprint density at radius 1 is 1.30 bits per heavy atom. The van der Waals surface area contributed by atoms with Gasteiger partial charge in [-0.3, -0.25) is 4.79 Å². The van der Waals surface area contributed by atoms with Crippen LogP contribution in [0.5, 0.6) is 0 Å². The number of amides is 1. The first-order chi connectivity index (χ1) is 9.70. The van der Waals surface area contributed by atoms with Crippen LogP contribution in [-0.2, 0) is 11.2 Å². The quantitative estimate of drug-likeness (QED) is 0.879. The third kappa shape index (κ3) is 3.70. The first-order valence-corrected chi connectivity index (χ1v) is 6.99. The van der Waals surface area contributed by atoms with Crippen LogP contribution in [0.25, 0.3) is 11.5 Å². The molecule has 0 saturated carbocycles. The summed E-state index contributed by atoms with van der Waals surface area (Å²) in [5.74, 6) is 1.47. The molecule has 20 heavy (non-hydrogen) atoms. The smallest absolute Gasteiger partial charge is 0.226 e. The highest BCUT2D eigenvalue weighted by Gasteiger charge is 2.12. The summed E-state index contributed by atoms with van der Waals surface area (Å²) in [6.07, 6.45) is 2.01. The summed E-state index contributed by atoms with van der Waals surface area (Å²) in [5.41, 5.74) is 1.81. The predicted molar refractivity (Wildman–Crippen MR) is 78.3 cm³/mol. The van der Waals surface area contributed by atoms with Crippen LogP contribution >= 0.6 is 0 Å². The van der Waals surface area contributed by atoms with Crippen LogP contribution < -0.4 is 5.32 Å². The zero-order valence-corrected chi connectivity index (χ0v) is 12.0. The van der Waals surface area contributed by atoms with Gasteiger partial charge in [0, 0.05) is 24.9 Å². The fourth-order valence-corrected chi connectivity index (χ4v) is 1.95. The van der Waals surface area contributed by atoms with Gasteiger partial charge in [-0.25, -0.2) is 4.98 Å². The van der Waals surface area contributed by atoms with Gasteiger partial charge in [0.15, 0.2) is 0 Å². The van der Waals surface area contributed by atoms with Gasteiger partial charge in [-0.2, -0.15) is 0 Å². The highest BCUT2D eigenvalue weighted by Crippen LogP contribution is 2.21. The van der Waals surface area contributed by atoms with Gasteiger partial charge < -0.3 is 9.73 Å². The van der Waals surface area contributed by atoms with Gasteiger partial charge in [0.2, 0.25) is 11.8 Å². The van der Waals surface area contributed by atoms with Crippen LogP contribution in [0, 0.1) is 6.92 Å². The zero-order chi connectivity index (χ0) is 14.4. The van der Waals surface area contributed by atoms with E-state index in [2.05, 4.69) is 10.3 Å². The first kappa shape index (κ1) is 14.3. The number of carbonyl (C=O) groups excluding carboxylic acids is 1. The van der Waals surface area contributed by atoms with Crippen molar-refractivity contribution in [3.05, 3.63) is 41.8 Å². The molecule has 0 aliphatic heterocycles. The summed E-state index contributed by atoms with van der Waals surface area (Å²) in [6, 6.07) is 9.78. The van der Waals surface area contributed by atoms with Gasteiger partial charge in [-0.05, 0) is 25.5 Å². The number of rotatable bonds is 6. The number of hydrogen-bond donors (Lipinski definition) is 1. The molecule has 4 heteroatoms. The van der Waals surface area contributed by atoms with Crippen molar-refractivity contribution in [3.8, 4) is 11.5 Å². The van der Waals surface area contributed by atoms with E-state index in [1.165, 1.54) is 0 Å². The van der Waals surface area contributed by atoms with Gasteiger partial charge in [0.25, 0.3) is 0 Å². The molecular formula is C16H20N2O2. The summed E-state index contributed by atoms with van der Waals surface area (Å²) in [6.45, 7) is 4.65. The Kier molecular flexibility index (Phi) is 4.93. The molecule has 1 heterocycles. The lowest BCUT2D eigenvalue weighted by molar-refractivity contribution is -0.121. The van der Waals surface area contributed by atoms with Crippen molar-refractivity contribution in [2.24, 2.45) is 0 Å². The number of hydrogen-bond acceptors (Lipinski definition) is 3. The summed E-state index contributed by atoms with van der Waals surface area (Å²) in [4.78, 5) is 16.1. The largest absolute Gasteiger partial charge is 0.441 e. The molecule has 1 aromatic heterocycles. The monoisotopic (exact) mass is 272 g/mol. The first-order valence-electron chi connectivity index (χ1n) is 6.99. The fraction of sp³-hybridized carbons (Fsp3) is 0.375. The van der Waals surface area contributed by atoms with Crippen LogP contribution in [0.15, 0.2) is 34.7 Å². The van der Waals surface area contributed by atoms with Crippen molar-refractivity contribution in [1.82, 2.24) is 10.3 Å². The molecule has 1 N–H and O–H groups in total. The second-order valence-corrected chi connectivity index (χ2v) is 4.74. The Bertz CT molecular complexity index is 561. The molecule has 0 aliphatic carbocycles. The van der Waals surface area contributed by atoms with E-state index in [0.717, 1.165) is 30.0 Å². The number of nitrogens with zero attached hydrogens (tertiary/aromatic N) is 1. The zero-order valence-electron chi connectivity index (χ0n) is 12.0. The number of aromatic nitrogens is 1. The standard InChI is InChI=1S/C16H20N2O2/c1-3-11-17-15(19)10-9-14-12(2)20-16(18-14)13-7-5-4-6-8-13/h4-8H,3,9-11H2,1-2H3,(H,17,19). The van der Waals surface area contributed by atoms with Gasteiger partial charge in [0.1, 0.15) is 5.76 Å². The molecule has 0 spiro atoms. The molecule has 0 saturated heterocycles. The molecule has 1 aromatic carbocycles. The van der Waals surface area contributed by atoms with E-state index in [9.17, 15) is 4.79 Å². The van der Waals surface area contributed by atoms with Gasteiger partial charge >= 0.3 is 0 Å². The molecular weight excluding hydrogens is 252 g/mol. The van der Waals surface area contributed by atoms with E-state index < -0.39 is 0 Å². The van der Waals surface area contributed by atoms with E-state index in [1.807, 2.05) is 44.2 Å². The third-order valence-corrected chi connectivity index (χ3v) is 3.07. The molecule has 4 nitrogen and oxygen atoms in total. The SMILES string of the molecule is CCCNC(=O)CCc1nc(-c2ccccc2)oc1C. The fourth-order valence-electron chi connectivity index (χ4n) is 1.95. The van der Waals surface area contributed by atoms with Crippen molar-refractivity contribution in [1.29, 1.82) is 0 Å². The van der Waals surface area contributed by atoms with Crippen molar-refractivity contribution in [3.63, 3.8) is 0 Å². The normalized spacial score (nSPS) is 10.5. The van der Waals surface area contributed by atoms with E-state index >= 15 is 0 Å². The predicted octanol–water partition coefficient (Wildman–Crippen LogP) is 3.11. The lowest BCUT2D eigenvalue weighted by Crippen LogP contribution is -2.24. The van der Waals surface area contributed by atoms with Crippen molar-refractivity contribution in [2.75, 3.05) is 6.54 Å². The summed E-state index contributed by atoms with van der Waals surface area (Å²) in [7, 11) is 0. The second-order valence-electron chi connectivity index (χ2n) is 4.74. The van der Waals surface area contributed by atoms with Crippen molar-refractivity contribution < 1.29 is 9.21 Å². The second kappa shape index (κ2) is 6.89. The van der Waals surface area contributed by atoms with Crippen LogP contribution in [0.3, 0.4) is 0 Å². The molecule has 2 rings (SSSR count). The van der Waals surface area contributed by atoms with E-state index in [-0.39, 0.29) is 5.91 Å².